The maximum atomic E-state index is 13.7. The average Bonchev–Trinajstić information content (AvgIpc) is 2.92. The Morgan fingerprint density at radius 2 is 1.70 bits per heavy atom. The van der Waals surface area contributed by atoms with Crippen LogP contribution in [-0.4, -0.2) is 11.9 Å². The molecule has 1 heterocycles. The second kappa shape index (κ2) is 6.05. The number of hydrogen-bond acceptors (Lipinski definition) is 3. The summed E-state index contributed by atoms with van der Waals surface area (Å²) in [6, 6.07) is 12.1. The lowest BCUT2D eigenvalue weighted by atomic mass is 10.2. The highest BCUT2D eigenvalue weighted by Crippen LogP contribution is 2.28. The van der Waals surface area contributed by atoms with E-state index in [1.54, 1.807) is 36.4 Å². The monoisotopic (exact) mass is 329 g/mol. The Bertz CT molecular complexity index is 907. The van der Waals surface area contributed by atoms with Crippen molar-refractivity contribution in [3.63, 3.8) is 0 Å². The molecule has 0 spiro atoms. The van der Waals surface area contributed by atoms with Crippen LogP contribution in [0.3, 0.4) is 0 Å². The van der Waals surface area contributed by atoms with Gasteiger partial charge >= 0.3 is 6.03 Å². The zero-order valence-corrected chi connectivity index (χ0v) is 12.6. The van der Waals surface area contributed by atoms with Gasteiger partial charge in [0.25, 0.3) is 5.91 Å². The molecule has 0 saturated carbocycles. The number of carbonyl (C=O) groups is 2. The van der Waals surface area contributed by atoms with Crippen LogP contribution in [0.15, 0.2) is 48.5 Å². The van der Waals surface area contributed by atoms with Crippen LogP contribution in [0.5, 0.6) is 0 Å². The third kappa shape index (κ3) is 3.29. The van der Waals surface area contributed by atoms with Crippen molar-refractivity contribution < 1.29 is 14.0 Å². The Morgan fingerprint density at radius 1 is 1.00 bits per heavy atom. The van der Waals surface area contributed by atoms with Gasteiger partial charge < -0.3 is 16.4 Å². The van der Waals surface area contributed by atoms with E-state index in [4.69, 9.17) is 5.73 Å². The highest BCUT2D eigenvalue weighted by molar-refractivity contribution is 7.20. The lowest BCUT2D eigenvalue weighted by Crippen LogP contribution is -2.19. The fraction of sp³-hybridized carbons (Fsp3) is 0. The van der Waals surface area contributed by atoms with Crippen LogP contribution in [0.2, 0.25) is 0 Å². The minimum Gasteiger partial charge on any atom is -0.351 e. The first kappa shape index (κ1) is 15.0. The Labute approximate surface area is 134 Å². The maximum Gasteiger partial charge on any atom is 0.316 e. The molecule has 116 valence electrons. The van der Waals surface area contributed by atoms with Gasteiger partial charge in [-0.2, -0.15) is 0 Å². The summed E-state index contributed by atoms with van der Waals surface area (Å²) in [5.41, 5.74) is 6.02. The number of benzene rings is 2. The van der Waals surface area contributed by atoms with Crippen molar-refractivity contribution >= 4 is 44.7 Å². The fourth-order valence-electron chi connectivity index (χ4n) is 2.15. The van der Waals surface area contributed by atoms with Crippen LogP contribution < -0.4 is 16.4 Å². The molecule has 5 nitrogen and oxygen atoms in total. The molecule has 3 aromatic rings. The molecule has 3 rings (SSSR count). The topological polar surface area (TPSA) is 84.2 Å². The molecule has 0 atom stereocenters. The third-order valence-corrected chi connectivity index (χ3v) is 4.22. The van der Waals surface area contributed by atoms with Crippen molar-refractivity contribution in [1.29, 1.82) is 0 Å². The van der Waals surface area contributed by atoms with Crippen molar-refractivity contribution in [3.05, 3.63) is 59.2 Å². The minimum absolute atomic E-state index is 0.346. The number of fused-ring (bicyclic) bond motifs is 1. The number of amides is 3. The molecule has 0 aliphatic rings. The summed E-state index contributed by atoms with van der Waals surface area (Å²) in [7, 11) is 0. The second-order valence-corrected chi connectivity index (χ2v) is 5.87. The van der Waals surface area contributed by atoms with Gasteiger partial charge in [-0.05, 0) is 36.4 Å². The van der Waals surface area contributed by atoms with Crippen molar-refractivity contribution in [2.24, 2.45) is 5.73 Å². The first-order chi connectivity index (χ1) is 11.0. The highest BCUT2D eigenvalue weighted by atomic mass is 32.1. The molecule has 0 radical (unpaired) electrons. The molecule has 0 unspecified atom stereocenters. The van der Waals surface area contributed by atoms with E-state index in [0.29, 0.717) is 26.3 Å². The van der Waals surface area contributed by atoms with Crippen LogP contribution in [0.1, 0.15) is 9.67 Å². The standard InChI is InChI=1S/C16H12FN3O2S/c17-12-5-2-6-13-11(12)8-14(23-13)15(21)19-9-3-1-4-10(7-9)20-16(18)22/h1-8H,(H,19,21)(H3,18,20,22). The smallest absolute Gasteiger partial charge is 0.316 e. The normalized spacial score (nSPS) is 10.5. The van der Waals surface area contributed by atoms with Gasteiger partial charge in [-0.3, -0.25) is 4.79 Å². The predicted molar refractivity (Wildman–Crippen MR) is 89.4 cm³/mol. The van der Waals surface area contributed by atoms with E-state index in [9.17, 15) is 14.0 Å². The molecule has 0 bridgehead atoms. The van der Waals surface area contributed by atoms with Crippen LogP contribution in [0.4, 0.5) is 20.6 Å². The van der Waals surface area contributed by atoms with Crippen molar-refractivity contribution in [2.75, 3.05) is 10.6 Å². The SMILES string of the molecule is NC(=O)Nc1cccc(NC(=O)c2cc3c(F)cccc3s2)c1. The number of hydrogen-bond donors (Lipinski definition) is 3. The van der Waals surface area contributed by atoms with Gasteiger partial charge in [-0.1, -0.05) is 12.1 Å². The predicted octanol–water partition coefficient (Wildman–Crippen LogP) is 3.78. The summed E-state index contributed by atoms with van der Waals surface area (Å²) in [6.07, 6.45) is 0. The van der Waals surface area contributed by atoms with E-state index in [1.807, 2.05) is 0 Å². The average molecular weight is 329 g/mol. The number of rotatable bonds is 3. The van der Waals surface area contributed by atoms with Crippen LogP contribution >= 0.6 is 11.3 Å². The first-order valence-corrected chi connectivity index (χ1v) is 7.50. The molecule has 0 saturated heterocycles. The first-order valence-electron chi connectivity index (χ1n) is 6.69. The van der Waals surface area contributed by atoms with E-state index < -0.39 is 6.03 Å². The summed E-state index contributed by atoms with van der Waals surface area (Å²) in [5.74, 6) is -0.702. The lowest BCUT2D eigenvalue weighted by Gasteiger charge is -2.06. The molecule has 23 heavy (non-hydrogen) atoms. The summed E-state index contributed by atoms with van der Waals surface area (Å²) in [4.78, 5) is 23.5. The Kier molecular flexibility index (Phi) is 3.94. The number of urea groups is 1. The van der Waals surface area contributed by atoms with Crippen molar-refractivity contribution in [3.8, 4) is 0 Å². The van der Waals surface area contributed by atoms with Gasteiger partial charge in [-0.15, -0.1) is 11.3 Å². The number of carbonyl (C=O) groups excluding carboxylic acids is 2. The van der Waals surface area contributed by atoms with E-state index in [0.717, 1.165) is 0 Å². The van der Waals surface area contributed by atoms with E-state index in [-0.39, 0.29) is 11.7 Å². The number of anilines is 2. The Hall–Kier alpha value is -2.93. The largest absolute Gasteiger partial charge is 0.351 e. The Balaban J connectivity index is 1.83. The zero-order valence-electron chi connectivity index (χ0n) is 11.8. The summed E-state index contributed by atoms with van der Waals surface area (Å²) in [5, 5.41) is 5.56. The van der Waals surface area contributed by atoms with Gasteiger partial charge in [0.2, 0.25) is 0 Å². The van der Waals surface area contributed by atoms with E-state index in [1.165, 1.54) is 23.5 Å². The van der Waals surface area contributed by atoms with E-state index in [2.05, 4.69) is 10.6 Å². The number of primary amides is 1. The zero-order chi connectivity index (χ0) is 16.4. The van der Waals surface area contributed by atoms with Crippen molar-refractivity contribution in [2.45, 2.75) is 0 Å². The maximum absolute atomic E-state index is 13.7. The number of nitrogens with two attached hydrogens (primary N) is 1. The van der Waals surface area contributed by atoms with Gasteiger partial charge in [0.15, 0.2) is 0 Å². The summed E-state index contributed by atoms with van der Waals surface area (Å²) in [6.45, 7) is 0. The number of nitrogens with one attached hydrogen (secondary N) is 2. The van der Waals surface area contributed by atoms with E-state index >= 15 is 0 Å². The molecule has 0 aliphatic heterocycles. The van der Waals surface area contributed by atoms with Gasteiger partial charge in [0.1, 0.15) is 5.82 Å². The quantitative estimate of drug-likeness (QED) is 0.683. The number of thiophene rings is 1. The van der Waals surface area contributed by atoms with Crippen molar-refractivity contribution in [1.82, 2.24) is 0 Å². The van der Waals surface area contributed by atoms with Crippen LogP contribution in [0, 0.1) is 5.82 Å². The van der Waals surface area contributed by atoms with Crippen LogP contribution in [0.25, 0.3) is 10.1 Å². The molecule has 0 aliphatic carbocycles. The fourth-order valence-corrected chi connectivity index (χ4v) is 3.12. The van der Waals surface area contributed by atoms with Gasteiger partial charge in [0, 0.05) is 21.5 Å². The number of halogens is 1. The lowest BCUT2D eigenvalue weighted by molar-refractivity contribution is 0.103. The summed E-state index contributed by atoms with van der Waals surface area (Å²) < 4.78 is 14.4. The minimum atomic E-state index is -0.687. The summed E-state index contributed by atoms with van der Waals surface area (Å²) >= 11 is 1.21. The van der Waals surface area contributed by atoms with Gasteiger partial charge in [0.05, 0.1) is 4.88 Å². The molecule has 7 heteroatoms. The molecular weight excluding hydrogens is 317 g/mol. The third-order valence-electron chi connectivity index (χ3n) is 3.12. The molecule has 4 N–H and O–H groups in total. The molecule has 2 aromatic carbocycles. The highest BCUT2D eigenvalue weighted by Gasteiger charge is 2.13. The molecule has 0 fully saturated rings. The molecular formula is C16H12FN3O2S. The molecule has 3 amide bonds. The Morgan fingerprint density at radius 3 is 2.39 bits per heavy atom. The van der Waals surface area contributed by atoms with Crippen LogP contribution in [-0.2, 0) is 0 Å². The molecule has 1 aromatic heterocycles. The van der Waals surface area contributed by atoms with Gasteiger partial charge in [-0.25, -0.2) is 9.18 Å². The second-order valence-electron chi connectivity index (χ2n) is 4.79.